The van der Waals surface area contributed by atoms with E-state index in [9.17, 15) is 4.39 Å². The number of ether oxygens (including phenoxy) is 1. The van der Waals surface area contributed by atoms with E-state index in [2.05, 4.69) is 15.5 Å². The van der Waals surface area contributed by atoms with Gasteiger partial charge >= 0.3 is 0 Å². The fourth-order valence-corrected chi connectivity index (χ4v) is 2.07. The van der Waals surface area contributed by atoms with Gasteiger partial charge in [-0.25, -0.2) is 4.39 Å². The number of hydrogen-bond donors (Lipinski definition) is 1. The molecule has 1 heterocycles. The monoisotopic (exact) mass is 273 g/mol. The summed E-state index contributed by atoms with van der Waals surface area (Å²) < 4.78 is 18.2. The van der Waals surface area contributed by atoms with Gasteiger partial charge in [-0.3, -0.25) is 0 Å². The molecule has 90 valence electrons. The summed E-state index contributed by atoms with van der Waals surface area (Å²) in [6.45, 7) is 0.623. The largest absolute Gasteiger partial charge is 0.428 e. The van der Waals surface area contributed by atoms with Crippen LogP contribution < -0.4 is 10.1 Å². The molecular weight excluding hydrogens is 265 g/mol. The summed E-state index contributed by atoms with van der Waals surface area (Å²) in [5, 5.41) is 12.1. The van der Waals surface area contributed by atoms with E-state index in [1.807, 2.05) is 7.05 Å². The zero-order chi connectivity index (χ0) is 12.3. The van der Waals surface area contributed by atoms with Crippen molar-refractivity contribution in [2.75, 3.05) is 7.05 Å². The number of hydrogen-bond acceptors (Lipinski definition) is 5. The summed E-state index contributed by atoms with van der Waals surface area (Å²) in [4.78, 5) is 0. The molecule has 0 aliphatic carbocycles. The molecule has 7 heteroatoms. The van der Waals surface area contributed by atoms with E-state index in [0.29, 0.717) is 17.5 Å². The van der Waals surface area contributed by atoms with Crippen LogP contribution in [0.5, 0.6) is 10.9 Å². The molecular formula is C10H9ClFN3OS. The van der Waals surface area contributed by atoms with Crippen LogP contribution in [0.1, 0.15) is 5.01 Å². The molecule has 17 heavy (non-hydrogen) atoms. The summed E-state index contributed by atoms with van der Waals surface area (Å²) in [5.74, 6) is -0.0456. The van der Waals surface area contributed by atoms with Gasteiger partial charge in [0.25, 0.3) is 5.19 Å². The number of nitrogens with one attached hydrogen (secondary N) is 1. The van der Waals surface area contributed by atoms with Crippen molar-refractivity contribution in [2.45, 2.75) is 6.54 Å². The van der Waals surface area contributed by atoms with Gasteiger partial charge < -0.3 is 10.1 Å². The maximum absolute atomic E-state index is 12.8. The molecule has 0 bridgehead atoms. The molecule has 0 saturated carbocycles. The van der Waals surface area contributed by atoms with Gasteiger partial charge in [0.15, 0.2) is 0 Å². The smallest absolute Gasteiger partial charge is 0.299 e. The van der Waals surface area contributed by atoms with Crippen molar-refractivity contribution in [1.29, 1.82) is 0 Å². The molecule has 4 nitrogen and oxygen atoms in total. The van der Waals surface area contributed by atoms with Gasteiger partial charge in [-0.2, -0.15) is 0 Å². The Morgan fingerprint density at radius 3 is 3.00 bits per heavy atom. The second-order valence-electron chi connectivity index (χ2n) is 3.17. The van der Waals surface area contributed by atoms with Gasteiger partial charge in [-0.15, -0.1) is 5.10 Å². The van der Waals surface area contributed by atoms with Crippen LogP contribution in [0.25, 0.3) is 0 Å². The van der Waals surface area contributed by atoms with Crippen LogP contribution in [0, 0.1) is 5.82 Å². The van der Waals surface area contributed by atoms with Gasteiger partial charge in [0, 0.05) is 6.54 Å². The first-order chi connectivity index (χ1) is 8.19. The van der Waals surface area contributed by atoms with Gasteiger partial charge in [-0.05, 0) is 25.2 Å². The highest BCUT2D eigenvalue weighted by Gasteiger charge is 2.09. The third-order valence-electron chi connectivity index (χ3n) is 1.87. The SMILES string of the molecule is CNCc1nnc(Oc2ccc(F)cc2Cl)s1. The van der Waals surface area contributed by atoms with Crippen molar-refractivity contribution in [2.24, 2.45) is 0 Å². The molecule has 1 N–H and O–H groups in total. The van der Waals surface area contributed by atoms with Crippen molar-refractivity contribution >= 4 is 22.9 Å². The zero-order valence-electron chi connectivity index (χ0n) is 8.91. The Balaban J connectivity index is 2.13. The molecule has 0 aliphatic heterocycles. The lowest BCUT2D eigenvalue weighted by Crippen LogP contribution is -2.04. The van der Waals surface area contributed by atoms with Crippen LogP contribution in [0.2, 0.25) is 5.02 Å². The number of nitrogens with zero attached hydrogens (tertiary/aromatic N) is 2. The molecule has 0 spiro atoms. The highest BCUT2D eigenvalue weighted by atomic mass is 35.5. The van der Waals surface area contributed by atoms with Crippen molar-refractivity contribution in [3.8, 4) is 10.9 Å². The molecule has 0 fully saturated rings. The van der Waals surface area contributed by atoms with Crippen LogP contribution in [0.3, 0.4) is 0 Å². The molecule has 0 radical (unpaired) electrons. The van der Waals surface area contributed by atoms with Crippen LogP contribution in [-0.4, -0.2) is 17.2 Å². The average molecular weight is 274 g/mol. The minimum absolute atomic E-state index is 0.204. The number of aromatic nitrogens is 2. The number of rotatable bonds is 4. The van der Waals surface area contributed by atoms with Gasteiger partial charge in [0.05, 0.1) is 5.02 Å². The van der Waals surface area contributed by atoms with Gasteiger partial charge in [0.1, 0.15) is 16.6 Å². The Morgan fingerprint density at radius 1 is 1.47 bits per heavy atom. The maximum Gasteiger partial charge on any atom is 0.299 e. The lowest BCUT2D eigenvalue weighted by atomic mass is 10.3. The third-order valence-corrected chi connectivity index (χ3v) is 2.96. The van der Waals surface area contributed by atoms with Gasteiger partial charge in [0.2, 0.25) is 0 Å². The van der Waals surface area contributed by atoms with E-state index >= 15 is 0 Å². The fourth-order valence-electron chi connectivity index (χ4n) is 1.15. The standard InChI is InChI=1S/C10H9ClFN3OS/c1-13-5-9-14-15-10(17-9)16-8-3-2-6(12)4-7(8)11/h2-4,13H,5H2,1H3. The Bertz CT molecular complexity index is 520. The average Bonchev–Trinajstić information content (AvgIpc) is 2.71. The molecule has 1 aromatic carbocycles. The Morgan fingerprint density at radius 2 is 2.29 bits per heavy atom. The van der Waals surface area contributed by atoms with Crippen LogP contribution in [-0.2, 0) is 6.54 Å². The first-order valence-corrected chi connectivity index (χ1v) is 5.98. The van der Waals surface area contributed by atoms with Crippen LogP contribution in [0.15, 0.2) is 18.2 Å². The molecule has 0 atom stereocenters. The molecule has 2 aromatic rings. The zero-order valence-corrected chi connectivity index (χ0v) is 10.5. The topological polar surface area (TPSA) is 47.0 Å². The van der Waals surface area contributed by atoms with E-state index < -0.39 is 5.82 Å². The Kier molecular flexibility index (Phi) is 3.88. The second-order valence-corrected chi connectivity index (χ2v) is 4.60. The second kappa shape index (κ2) is 5.39. The maximum atomic E-state index is 12.8. The van der Waals surface area contributed by atoms with E-state index in [0.717, 1.165) is 5.01 Å². The van der Waals surface area contributed by atoms with Crippen molar-refractivity contribution in [3.05, 3.63) is 34.0 Å². The third kappa shape index (κ3) is 3.12. The summed E-state index contributed by atoms with van der Waals surface area (Å²) in [7, 11) is 1.82. The molecule has 0 saturated heterocycles. The molecule has 0 unspecified atom stereocenters. The van der Waals surface area contributed by atoms with Gasteiger partial charge in [-0.1, -0.05) is 28.0 Å². The lowest BCUT2D eigenvalue weighted by molar-refractivity contribution is 0.471. The van der Waals surface area contributed by atoms with E-state index in [-0.39, 0.29) is 5.02 Å². The van der Waals surface area contributed by atoms with E-state index in [1.54, 1.807) is 0 Å². The fraction of sp³-hybridized carbons (Fsp3) is 0.200. The summed E-state index contributed by atoms with van der Waals surface area (Å²) in [6, 6.07) is 3.92. The Hall–Kier alpha value is -1.24. The van der Waals surface area contributed by atoms with E-state index in [4.69, 9.17) is 16.3 Å². The van der Waals surface area contributed by atoms with Crippen LogP contribution >= 0.6 is 22.9 Å². The number of halogens is 2. The first kappa shape index (κ1) is 12.2. The number of benzene rings is 1. The van der Waals surface area contributed by atoms with E-state index in [1.165, 1.54) is 29.5 Å². The highest BCUT2D eigenvalue weighted by molar-refractivity contribution is 7.13. The molecule has 0 aliphatic rings. The lowest BCUT2D eigenvalue weighted by Gasteiger charge is -2.02. The van der Waals surface area contributed by atoms with Crippen molar-refractivity contribution < 1.29 is 9.13 Å². The quantitative estimate of drug-likeness (QED) is 0.930. The first-order valence-electron chi connectivity index (χ1n) is 4.79. The minimum Gasteiger partial charge on any atom is -0.428 e. The van der Waals surface area contributed by atoms with Crippen molar-refractivity contribution in [3.63, 3.8) is 0 Å². The molecule has 1 aromatic heterocycles. The molecule has 2 rings (SSSR count). The summed E-state index contributed by atoms with van der Waals surface area (Å²) in [6.07, 6.45) is 0. The predicted octanol–water partition coefficient (Wildman–Crippen LogP) is 2.84. The summed E-state index contributed by atoms with van der Waals surface area (Å²) in [5.41, 5.74) is 0. The normalized spacial score (nSPS) is 10.5. The minimum atomic E-state index is -0.407. The van der Waals surface area contributed by atoms with Crippen LogP contribution in [0.4, 0.5) is 4.39 Å². The van der Waals surface area contributed by atoms with Crippen molar-refractivity contribution in [1.82, 2.24) is 15.5 Å². The predicted molar refractivity (Wildman–Crippen MR) is 64.2 cm³/mol. The molecule has 0 amide bonds. The Labute approximate surface area is 106 Å². The highest BCUT2D eigenvalue weighted by Crippen LogP contribution is 2.31. The summed E-state index contributed by atoms with van der Waals surface area (Å²) >= 11 is 7.13.